The van der Waals surface area contributed by atoms with Crippen molar-refractivity contribution in [1.82, 2.24) is 5.43 Å². The lowest BCUT2D eigenvalue weighted by molar-refractivity contribution is 0.474. The second kappa shape index (κ2) is 7.17. The molecule has 2 N–H and O–H groups in total. The molecule has 0 fully saturated rings. The monoisotopic (exact) mass is 372 g/mol. The first kappa shape index (κ1) is 17.9. The highest BCUT2D eigenvalue weighted by Crippen LogP contribution is 2.25. The van der Waals surface area contributed by atoms with Gasteiger partial charge in [0.05, 0.1) is 6.21 Å². The molecule has 0 aromatic heterocycles. The number of hydrazone groups is 1. The van der Waals surface area contributed by atoms with Crippen molar-refractivity contribution in [2.75, 3.05) is 18.0 Å². The minimum absolute atomic E-state index is 0.0985. The SMILES string of the molecule is CCN(CC)c1ccc(C=NNC2=NS(=O)(=O)c3ccccc32)c(O)c1. The minimum atomic E-state index is -3.68. The Hall–Kier alpha value is -2.87. The molecule has 0 atom stereocenters. The molecule has 2 aromatic rings. The summed E-state index contributed by atoms with van der Waals surface area (Å²) in [5.41, 5.74) is 4.57. The normalized spacial score (nSPS) is 14.9. The van der Waals surface area contributed by atoms with E-state index < -0.39 is 10.0 Å². The molecule has 7 nitrogen and oxygen atoms in total. The van der Waals surface area contributed by atoms with E-state index in [1.807, 2.05) is 19.9 Å². The van der Waals surface area contributed by atoms with E-state index in [1.165, 1.54) is 12.3 Å². The van der Waals surface area contributed by atoms with Crippen molar-refractivity contribution in [3.8, 4) is 5.75 Å². The van der Waals surface area contributed by atoms with Crippen molar-refractivity contribution in [2.24, 2.45) is 9.50 Å². The molecule has 0 spiro atoms. The van der Waals surface area contributed by atoms with Gasteiger partial charge in [-0.05, 0) is 38.1 Å². The third-order valence-electron chi connectivity index (χ3n) is 4.15. The van der Waals surface area contributed by atoms with E-state index in [2.05, 4.69) is 19.8 Å². The molecule has 3 rings (SSSR count). The third-order valence-corrected chi connectivity index (χ3v) is 5.48. The number of nitrogens with zero attached hydrogens (tertiary/aromatic N) is 3. The zero-order valence-electron chi connectivity index (χ0n) is 14.5. The summed E-state index contributed by atoms with van der Waals surface area (Å²) in [7, 11) is -3.68. The van der Waals surface area contributed by atoms with Crippen LogP contribution in [0.3, 0.4) is 0 Å². The zero-order chi connectivity index (χ0) is 18.7. The number of aromatic hydroxyl groups is 1. The van der Waals surface area contributed by atoms with E-state index in [9.17, 15) is 13.5 Å². The van der Waals surface area contributed by atoms with E-state index in [-0.39, 0.29) is 16.5 Å². The number of nitrogens with one attached hydrogen (secondary N) is 1. The fourth-order valence-corrected chi connectivity index (χ4v) is 3.95. The first-order chi connectivity index (χ1) is 12.5. The summed E-state index contributed by atoms with van der Waals surface area (Å²) in [6.45, 7) is 5.79. The van der Waals surface area contributed by atoms with Crippen molar-refractivity contribution in [3.05, 3.63) is 53.6 Å². The molecule has 1 aliphatic heterocycles. The molecule has 0 bridgehead atoms. The quantitative estimate of drug-likeness (QED) is 0.620. The van der Waals surface area contributed by atoms with Crippen LogP contribution in [0.25, 0.3) is 0 Å². The van der Waals surface area contributed by atoms with Gasteiger partial charge in [0.2, 0.25) is 0 Å². The molecule has 1 aliphatic rings. The standard InChI is InChI=1S/C18H20N4O3S/c1-3-22(4-2)14-10-9-13(16(23)11-14)12-19-20-18-15-7-5-6-8-17(15)26(24,25)21-18/h5-12,23H,3-4H2,1-2H3,(H,20,21). The van der Waals surface area contributed by atoms with Crippen LogP contribution in [0.5, 0.6) is 5.75 Å². The Bertz CT molecular complexity index is 980. The van der Waals surface area contributed by atoms with E-state index in [1.54, 1.807) is 30.3 Å². The average Bonchev–Trinajstić information content (AvgIpc) is 2.89. The number of benzene rings is 2. The van der Waals surface area contributed by atoms with Gasteiger partial charge in [0.1, 0.15) is 10.6 Å². The van der Waals surface area contributed by atoms with Crippen molar-refractivity contribution in [3.63, 3.8) is 0 Å². The summed E-state index contributed by atoms with van der Waals surface area (Å²) < 4.78 is 27.7. The maximum Gasteiger partial charge on any atom is 0.285 e. The van der Waals surface area contributed by atoms with Gasteiger partial charge >= 0.3 is 0 Å². The Morgan fingerprint density at radius 3 is 2.62 bits per heavy atom. The average molecular weight is 372 g/mol. The minimum Gasteiger partial charge on any atom is -0.507 e. The van der Waals surface area contributed by atoms with E-state index in [0.29, 0.717) is 11.1 Å². The summed E-state index contributed by atoms with van der Waals surface area (Å²) >= 11 is 0. The molecule has 136 valence electrons. The number of hydrogen-bond donors (Lipinski definition) is 2. The van der Waals surface area contributed by atoms with Gasteiger partial charge in [-0.15, -0.1) is 4.40 Å². The fraction of sp³-hybridized carbons (Fsp3) is 0.222. The molecule has 2 aromatic carbocycles. The first-order valence-corrected chi connectivity index (χ1v) is 9.71. The van der Waals surface area contributed by atoms with Crippen LogP contribution >= 0.6 is 0 Å². The maximum atomic E-state index is 12.0. The Balaban J connectivity index is 1.78. The van der Waals surface area contributed by atoms with Gasteiger partial charge in [0.15, 0.2) is 5.84 Å². The number of anilines is 1. The number of phenols is 1. The molecule has 26 heavy (non-hydrogen) atoms. The zero-order valence-corrected chi connectivity index (χ0v) is 15.4. The summed E-state index contributed by atoms with van der Waals surface area (Å²) in [6, 6.07) is 11.9. The van der Waals surface area contributed by atoms with Gasteiger partial charge in [0.25, 0.3) is 10.0 Å². The second-order valence-electron chi connectivity index (χ2n) is 5.70. The lowest BCUT2D eigenvalue weighted by Crippen LogP contribution is -2.21. The van der Waals surface area contributed by atoms with Crippen LogP contribution in [0.15, 0.2) is 56.9 Å². The summed E-state index contributed by atoms with van der Waals surface area (Å²) in [5, 5.41) is 14.2. The lowest BCUT2D eigenvalue weighted by Gasteiger charge is -2.21. The number of rotatable bonds is 5. The first-order valence-electron chi connectivity index (χ1n) is 8.27. The molecule has 0 saturated carbocycles. The van der Waals surface area contributed by atoms with Crippen molar-refractivity contribution < 1.29 is 13.5 Å². The molecule has 8 heteroatoms. The molecular weight excluding hydrogens is 352 g/mol. The molecule has 0 aliphatic carbocycles. The van der Waals surface area contributed by atoms with Crippen LogP contribution in [-0.2, 0) is 10.0 Å². The molecule has 0 amide bonds. The maximum absolute atomic E-state index is 12.0. The molecule has 0 saturated heterocycles. The molecule has 0 unspecified atom stereocenters. The number of fused-ring (bicyclic) bond motifs is 1. The Morgan fingerprint density at radius 1 is 1.19 bits per heavy atom. The number of phenolic OH excluding ortho intramolecular Hbond substituents is 1. The van der Waals surface area contributed by atoms with Crippen LogP contribution in [0.1, 0.15) is 25.0 Å². The largest absolute Gasteiger partial charge is 0.507 e. The van der Waals surface area contributed by atoms with Crippen LogP contribution in [0, 0.1) is 0 Å². The van der Waals surface area contributed by atoms with E-state index >= 15 is 0 Å². The van der Waals surface area contributed by atoms with Crippen LogP contribution in [0.4, 0.5) is 5.69 Å². The topological polar surface area (TPSA) is 94.4 Å². The highest BCUT2D eigenvalue weighted by Gasteiger charge is 2.28. The number of hydrogen-bond acceptors (Lipinski definition) is 6. The summed E-state index contributed by atoms with van der Waals surface area (Å²) in [5.74, 6) is 0.262. The van der Waals surface area contributed by atoms with Crippen LogP contribution in [-0.4, -0.2) is 38.7 Å². The highest BCUT2D eigenvalue weighted by molar-refractivity contribution is 7.90. The van der Waals surface area contributed by atoms with Crippen LogP contribution < -0.4 is 10.3 Å². The predicted molar refractivity (Wildman–Crippen MR) is 103 cm³/mol. The summed E-state index contributed by atoms with van der Waals surface area (Å²) in [4.78, 5) is 2.28. The lowest BCUT2D eigenvalue weighted by atomic mass is 10.2. The van der Waals surface area contributed by atoms with Crippen LogP contribution in [0.2, 0.25) is 0 Å². The second-order valence-corrected chi connectivity index (χ2v) is 7.27. The summed E-state index contributed by atoms with van der Waals surface area (Å²) in [6.07, 6.45) is 1.43. The third kappa shape index (κ3) is 3.41. The molecule has 1 heterocycles. The molecule has 0 radical (unpaired) electrons. The predicted octanol–water partition coefficient (Wildman–Crippen LogP) is 2.31. The number of amidine groups is 1. The molecular formula is C18H20N4O3S. The van der Waals surface area contributed by atoms with Crippen molar-refractivity contribution in [1.29, 1.82) is 0 Å². The van der Waals surface area contributed by atoms with Gasteiger partial charge < -0.3 is 10.0 Å². The van der Waals surface area contributed by atoms with Gasteiger partial charge in [-0.3, -0.25) is 5.43 Å². The van der Waals surface area contributed by atoms with E-state index in [4.69, 9.17) is 0 Å². The highest BCUT2D eigenvalue weighted by atomic mass is 32.2. The van der Waals surface area contributed by atoms with Crippen molar-refractivity contribution >= 4 is 27.8 Å². The van der Waals surface area contributed by atoms with Gasteiger partial charge in [-0.1, -0.05) is 12.1 Å². The Kier molecular flexibility index (Phi) is 4.94. The Morgan fingerprint density at radius 2 is 1.92 bits per heavy atom. The smallest absolute Gasteiger partial charge is 0.285 e. The van der Waals surface area contributed by atoms with E-state index in [0.717, 1.165) is 18.8 Å². The Labute approximate surface area is 152 Å². The number of sulfonamides is 1. The van der Waals surface area contributed by atoms with Gasteiger partial charge in [-0.25, -0.2) is 0 Å². The van der Waals surface area contributed by atoms with Gasteiger partial charge in [-0.2, -0.15) is 13.5 Å². The fourth-order valence-electron chi connectivity index (χ4n) is 2.78. The van der Waals surface area contributed by atoms with Gasteiger partial charge in [0, 0.05) is 36.0 Å². The van der Waals surface area contributed by atoms with Crippen molar-refractivity contribution in [2.45, 2.75) is 18.7 Å².